The van der Waals surface area contributed by atoms with Crippen molar-refractivity contribution in [1.82, 2.24) is 0 Å². The van der Waals surface area contributed by atoms with E-state index in [2.05, 4.69) is 14.1 Å². The molecule has 0 spiro atoms. The summed E-state index contributed by atoms with van der Waals surface area (Å²) in [7, 11) is 4.15. The van der Waals surface area contributed by atoms with Crippen molar-refractivity contribution in [2.24, 2.45) is 0 Å². The molecule has 0 saturated carbocycles. The van der Waals surface area contributed by atoms with Gasteiger partial charge < -0.3 is 19.5 Å². The van der Waals surface area contributed by atoms with Gasteiger partial charge in [0.15, 0.2) is 11.5 Å². The molecule has 15 heavy (non-hydrogen) atoms. The summed E-state index contributed by atoms with van der Waals surface area (Å²) in [5.74, 6) is 1.44. The normalized spacial score (nSPS) is 13.6. The Morgan fingerprint density at radius 3 is 2.80 bits per heavy atom. The topological polar surface area (TPSA) is 43.1 Å². The second kappa shape index (κ2) is 4.08. The van der Waals surface area contributed by atoms with E-state index >= 15 is 0 Å². The van der Waals surface area contributed by atoms with Gasteiger partial charge in [0.25, 0.3) is 0 Å². The molecular weight excluding hydrogens is 194 g/mol. The summed E-state index contributed by atoms with van der Waals surface area (Å²) in [4.78, 5) is 1.31. The number of rotatable bonds is 3. The van der Waals surface area contributed by atoms with Gasteiger partial charge in [0.1, 0.15) is 6.54 Å². The van der Waals surface area contributed by atoms with Gasteiger partial charge in [0.2, 0.25) is 6.79 Å². The molecule has 0 fully saturated rings. The van der Waals surface area contributed by atoms with Crippen LogP contribution in [0.1, 0.15) is 11.1 Å². The van der Waals surface area contributed by atoms with Crippen LogP contribution in [0.2, 0.25) is 0 Å². The fourth-order valence-electron chi connectivity index (χ4n) is 1.79. The predicted octanol–water partition coefficient (Wildman–Crippen LogP) is -0.448. The van der Waals surface area contributed by atoms with Gasteiger partial charge in [-0.25, -0.2) is 0 Å². The van der Waals surface area contributed by atoms with Crippen LogP contribution >= 0.6 is 0 Å². The average molecular weight is 210 g/mol. The van der Waals surface area contributed by atoms with E-state index in [4.69, 9.17) is 9.47 Å². The van der Waals surface area contributed by atoms with E-state index in [-0.39, 0.29) is 13.4 Å². The lowest BCUT2D eigenvalue weighted by Crippen LogP contribution is -3.04. The number of hydrogen-bond acceptors (Lipinski definition) is 3. The van der Waals surface area contributed by atoms with Gasteiger partial charge in [0.05, 0.1) is 20.7 Å². The molecule has 1 aromatic carbocycles. The van der Waals surface area contributed by atoms with Crippen molar-refractivity contribution in [3.63, 3.8) is 0 Å². The van der Waals surface area contributed by atoms with Gasteiger partial charge in [0, 0.05) is 11.1 Å². The molecular formula is C11H16NO3+. The lowest BCUT2D eigenvalue weighted by Gasteiger charge is -2.12. The summed E-state index contributed by atoms with van der Waals surface area (Å²) in [6, 6.07) is 3.89. The second-order valence-corrected chi connectivity index (χ2v) is 3.98. The van der Waals surface area contributed by atoms with E-state index in [1.807, 2.05) is 12.1 Å². The highest BCUT2D eigenvalue weighted by Crippen LogP contribution is 2.37. The van der Waals surface area contributed by atoms with Gasteiger partial charge in [-0.2, -0.15) is 0 Å². The molecule has 0 aromatic heterocycles. The quantitative estimate of drug-likeness (QED) is 0.710. The first-order chi connectivity index (χ1) is 7.22. The molecule has 0 amide bonds. The lowest BCUT2D eigenvalue weighted by molar-refractivity contribution is -0.872. The zero-order valence-corrected chi connectivity index (χ0v) is 9.04. The molecule has 4 nitrogen and oxygen atoms in total. The zero-order chi connectivity index (χ0) is 10.8. The smallest absolute Gasteiger partial charge is 0.231 e. The van der Waals surface area contributed by atoms with Crippen LogP contribution in [0.15, 0.2) is 12.1 Å². The highest BCUT2D eigenvalue weighted by atomic mass is 16.7. The number of aliphatic hydroxyl groups excluding tert-OH is 1. The van der Waals surface area contributed by atoms with Crippen LogP contribution in [0.3, 0.4) is 0 Å². The van der Waals surface area contributed by atoms with Crippen molar-refractivity contribution in [2.45, 2.75) is 13.2 Å². The first-order valence-corrected chi connectivity index (χ1v) is 5.02. The van der Waals surface area contributed by atoms with Crippen molar-refractivity contribution in [2.75, 3.05) is 20.9 Å². The molecule has 1 aliphatic heterocycles. The standard InChI is InChI=1S/C11H15NO3/c1-12(2)5-8-3-4-10-11(9(8)6-13)15-7-14-10/h3-4,13H,5-7H2,1-2H3/p+1. The van der Waals surface area contributed by atoms with E-state index in [0.717, 1.165) is 23.4 Å². The minimum absolute atomic E-state index is 0.00481. The third kappa shape index (κ3) is 1.91. The van der Waals surface area contributed by atoms with Gasteiger partial charge in [-0.1, -0.05) is 0 Å². The Morgan fingerprint density at radius 2 is 2.13 bits per heavy atom. The number of nitrogens with one attached hydrogen (secondary N) is 1. The number of ether oxygens (including phenoxy) is 2. The maximum atomic E-state index is 9.35. The van der Waals surface area contributed by atoms with Crippen molar-refractivity contribution >= 4 is 0 Å². The van der Waals surface area contributed by atoms with Crippen LogP contribution in [0.25, 0.3) is 0 Å². The van der Waals surface area contributed by atoms with E-state index in [1.54, 1.807) is 0 Å². The van der Waals surface area contributed by atoms with Gasteiger partial charge >= 0.3 is 0 Å². The number of quaternary nitrogens is 1. The first kappa shape index (κ1) is 10.3. The van der Waals surface area contributed by atoms with Gasteiger partial charge in [-0.3, -0.25) is 0 Å². The van der Waals surface area contributed by atoms with Gasteiger partial charge in [-0.15, -0.1) is 0 Å². The molecule has 2 N–H and O–H groups in total. The summed E-state index contributed by atoms with van der Waals surface area (Å²) in [5.41, 5.74) is 1.97. The third-order valence-corrected chi connectivity index (χ3v) is 2.44. The van der Waals surface area contributed by atoms with Gasteiger partial charge in [-0.05, 0) is 12.1 Å². The molecule has 0 unspecified atom stereocenters. The summed E-state index contributed by atoms with van der Waals surface area (Å²) < 4.78 is 10.6. The summed E-state index contributed by atoms with van der Waals surface area (Å²) >= 11 is 0. The second-order valence-electron chi connectivity index (χ2n) is 3.98. The van der Waals surface area contributed by atoms with E-state index in [0.29, 0.717) is 5.75 Å². The van der Waals surface area contributed by atoms with E-state index < -0.39 is 0 Å². The lowest BCUT2D eigenvalue weighted by atomic mass is 10.1. The monoisotopic (exact) mass is 210 g/mol. The molecule has 0 atom stereocenters. The molecule has 82 valence electrons. The summed E-state index contributed by atoms with van der Waals surface area (Å²) in [6.07, 6.45) is 0. The van der Waals surface area contributed by atoms with Crippen molar-refractivity contribution in [3.05, 3.63) is 23.3 Å². The average Bonchev–Trinajstić information content (AvgIpc) is 2.64. The number of benzene rings is 1. The Kier molecular flexibility index (Phi) is 2.79. The van der Waals surface area contributed by atoms with Crippen LogP contribution in [-0.2, 0) is 13.2 Å². The van der Waals surface area contributed by atoms with E-state index in [9.17, 15) is 5.11 Å². The summed E-state index contributed by atoms with van der Waals surface area (Å²) in [6.45, 7) is 1.11. The first-order valence-electron chi connectivity index (χ1n) is 5.02. The Balaban J connectivity index is 2.39. The Labute approximate surface area is 89.0 Å². The number of fused-ring (bicyclic) bond motifs is 1. The molecule has 1 heterocycles. The van der Waals surface area contributed by atoms with Crippen molar-refractivity contribution in [1.29, 1.82) is 0 Å². The molecule has 2 rings (SSSR count). The molecule has 0 radical (unpaired) electrons. The van der Waals surface area contributed by atoms with Crippen molar-refractivity contribution in [3.8, 4) is 11.5 Å². The minimum atomic E-state index is -0.00481. The highest BCUT2D eigenvalue weighted by Gasteiger charge is 2.20. The SMILES string of the molecule is C[NH+](C)Cc1ccc2c(c1CO)OCO2. The molecule has 4 heteroatoms. The number of aliphatic hydroxyl groups is 1. The Bertz CT molecular complexity index is 363. The predicted molar refractivity (Wildman–Crippen MR) is 55.0 cm³/mol. The van der Waals surface area contributed by atoms with E-state index in [1.165, 1.54) is 4.90 Å². The summed E-state index contributed by atoms with van der Waals surface area (Å²) in [5, 5.41) is 9.35. The van der Waals surface area contributed by atoms with Crippen LogP contribution in [-0.4, -0.2) is 26.0 Å². The molecule has 1 aliphatic rings. The zero-order valence-electron chi connectivity index (χ0n) is 9.04. The fourth-order valence-corrected chi connectivity index (χ4v) is 1.79. The van der Waals surface area contributed by atoms with Crippen molar-refractivity contribution < 1.29 is 19.5 Å². The molecule has 1 aromatic rings. The maximum absolute atomic E-state index is 9.35. The fraction of sp³-hybridized carbons (Fsp3) is 0.455. The van der Waals surface area contributed by atoms with Crippen LogP contribution in [0, 0.1) is 0 Å². The molecule has 0 saturated heterocycles. The Hall–Kier alpha value is -1.26. The highest BCUT2D eigenvalue weighted by molar-refractivity contribution is 5.51. The maximum Gasteiger partial charge on any atom is 0.231 e. The minimum Gasteiger partial charge on any atom is -0.454 e. The molecule has 0 aliphatic carbocycles. The molecule has 0 bridgehead atoms. The largest absolute Gasteiger partial charge is 0.454 e. The Morgan fingerprint density at radius 1 is 1.33 bits per heavy atom. The van der Waals surface area contributed by atoms with Crippen LogP contribution < -0.4 is 14.4 Å². The van der Waals surface area contributed by atoms with Crippen LogP contribution in [0.5, 0.6) is 11.5 Å². The third-order valence-electron chi connectivity index (χ3n) is 2.44. The van der Waals surface area contributed by atoms with Crippen LogP contribution in [0.4, 0.5) is 0 Å². The number of hydrogen-bond donors (Lipinski definition) is 2.